The lowest BCUT2D eigenvalue weighted by Crippen LogP contribution is -2.38. The summed E-state index contributed by atoms with van der Waals surface area (Å²) in [5, 5.41) is 3.57. The summed E-state index contributed by atoms with van der Waals surface area (Å²) in [5.74, 6) is 1.04. The Balaban J connectivity index is 1.91. The van der Waals surface area contributed by atoms with Crippen LogP contribution in [0, 0.1) is 0 Å². The quantitative estimate of drug-likeness (QED) is 0.834. The van der Waals surface area contributed by atoms with Crippen LogP contribution in [0.15, 0.2) is 24.3 Å². The van der Waals surface area contributed by atoms with Crippen LogP contribution >= 0.6 is 0 Å². The Kier molecular flexibility index (Phi) is 5.51. The van der Waals surface area contributed by atoms with E-state index in [0.29, 0.717) is 6.04 Å². The van der Waals surface area contributed by atoms with Gasteiger partial charge in [-0.05, 0) is 65.6 Å². The molecule has 2 rings (SSSR count). The Morgan fingerprint density at radius 3 is 2.81 bits per heavy atom. The molecule has 118 valence electrons. The molecule has 1 unspecified atom stereocenters. The molecular weight excluding hydrogens is 260 g/mol. The molecule has 1 aliphatic heterocycles. The van der Waals surface area contributed by atoms with Gasteiger partial charge in [0.15, 0.2) is 0 Å². The van der Waals surface area contributed by atoms with Crippen molar-refractivity contribution < 1.29 is 4.74 Å². The number of rotatable bonds is 5. The van der Waals surface area contributed by atoms with Gasteiger partial charge in [-0.1, -0.05) is 12.1 Å². The van der Waals surface area contributed by atoms with Gasteiger partial charge in [0.05, 0.1) is 12.3 Å². The summed E-state index contributed by atoms with van der Waals surface area (Å²) >= 11 is 0. The molecule has 0 radical (unpaired) electrons. The third kappa shape index (κ3) is 4.92. The van der Waals surface area contributed by atoms with Crippen LogP contribution in [-0.4, -0.2) is 31.3 Å². The molecule has 21 heavy (non-hydrogen) atoms. The van der Waals surface area contributed by atoms with Crippen LogP contribution < -0.4 is 15.0 Å². The van der Waals surface area contributed by atoms with E-state index in [-0.39, 0.29) is 5.54 Å². The summed E-state index contributed by atoms with van der Waals surface area (Å²) < 4.78 is 5.85. The van der Waals surface area contributed by atoms with E-state index in [1.54, 1.807) is 0 Å². The SMILES string of the molecule is CC(CCCNC(C)(C)C)N1CCCOc2ccccc21. The smallest absolute Gasteiger partial charge is 0.142 e. The normalized spacial score (nSPS) is 16.9. The number of benzene rings is 1. The predicted octanol–water partition coefficient (Wildman–Crippen LogP) is 3.83. The second-order valence-electron chi connectivity index (χ2n) is 7.03. The summed E-state index contributed by atoms with van der Waals surface area (Å²) in [4.78, 5) is 2.51. The first-order valence-corrected chi connectivity index (χ1v) is 8.21. The van der Waals surface area contributed by atoms with Gasteiger partial charge in [0.1, 0.15) is 5.75 Å². The number of hydrogen-bond donors (Lipinski definition) is 1. The highest BCUT2D eigenvalue weighted by molar-refractivity contribution is 5.59. The lowest BCUT2D eigenvalue weighted by Gasteiger charge is -2.31. The summed E-state index contributed by atoms with van der Waals surface area (Å²) in [6, 6.07) is 8.98. The van der Waals surface area contributed by atoms with Crippen molar-refractivity contribution in [3.05, 3.63) is 24.3 Å². The van der Waals surface area contributed by atoms with Gasteiger partial charge >= 0.3 is 0 Å². The first-order valence-electron chi connectivity index (χ1n) is 8.21. The van der Waals surface area contributed by atoms with E-state index < -0.39 is 0 Å². The number of fused-ring (bicyclic) bond motifs is 1. The number of ether oxygens (including phenoxy) is 1. The molecule has 0 aliphatic carbocycles. The zero-order valence-corrected chi connectivity index (χ0v) is 14.0. The van der Waals surface area contributed by atoms with E-state index >= 15 is 0 Å². The van der Waals surface area contributed by atoms with Crippen molar-refractivity contribution in [1.29, 1.82) is 0 Å². The van der Waals surface area contributed by atoms with Gasteiger partial charge in [-0.3, -0.25) is 0 Å². The summed E-state index contributed by atoms with van der Waals surface area (Å²) in [7, 11) is 0. The van der Waals surface area contributed by atoms with Gasteiger partial charge in [-0.2, -0.15) is 0 Å². The molecule has 0 saturated heterocycles. The minimum absolute atomic E-state index is 0.215. The Labute approximate surface area is 129 Å². The van der Waals surface area contributed by atoms with E-state index in [0.717, 1.165) is 31.9 Å². The molecule has 0 saturated carbocycles. The number of hydrogen-bond acceptors (Lipinski definition) is 3. The van der Waals surface area contributed by atoms with Crippen molar-refractivity contribution in [2.75, 3.05) is 24.6 Å². The zero-order chi connectivity index (χ0) is 15.3. The third-order valence-corrected chi connectivity index (χ3v) is 3.96. The van der Waals surface area contributed by atoms with Crippen molar-refractivity contribution in [1.82, 2.24) is 5.32 Å². The Morgan fingerprint density at radius 2 is 2.05 bits per heavy atom. The summed E-state index contributed by atoms with van der Waals surface area (Å²) in [6.45, 7) is 12.0. The lowest BCUT2D eigenvalue weighted by atomic mass is 10.1. The molecule has 1 aliphatic rings. The van der Waals surface area contributed by atoms with E-state index in [9.17, 15) is 0 Å². The molecule has 1 heterocycles. The summed E-state index contributed by atoms with van der Waals surface area (Å²) in [5.41, 5.74) is 1.47. The molecule has 0 aromatic heterocycles. The van der Waals surface area contributed by atoms with Gasteiger partial charge in [0, 0.05) is 18.1 Å². The third-order valence-electron chi connectivity index (χ3n) is 3.96. The van der Waals surface area contributed by atoms with E-state index in [1.807, 2.05) is 0 Å². The average Bonchev–Trinajstić information content (AvgIpc) is 2.64. The fourth-order valence-corrected chi connectivity index (χ4v) is 2.83. The maximum absolute atomic E-state index is 5.85. The Hall–Kier alpha value is -1.22. The highest BCUT2D eigenvalue weighted by atomic mass is 16.5. The maximum Gasteiger partial charge on any atom is 0.142 e. The van der Waals surface area contributed by atoms with Crippen LogP contribution in [0.25, 0.3) is 0 Å². The molecular formula is C18H30N2O. The van der Waals surface area contributed by atoms with Gasteiger partial charge in [-0.25, -0.2) is 0 Å². The second kappa shape index (κ2) is 7.17. The topological polar surface area (TPSA) is 24.5 Å². The van der Waals surface area contributed by atoms with E-state index in [2.05, 4.69) is 62.2 Å². The summed E-state index contributed by atoms with van der Waals surface area (Å²) in [6.07, 6.45) is 3.51. The van der Waals surface area contributed by atoms with Crippen LogP contribution in [-0.2, 0) is 0 Å². The van der Waals surface area contributed by atoms with E-state index in [4.69, 9.17) is 4.74 Å². The average molecular weight is 290 g/mol. The first kappa shape index (κ1) is 16.2. The van der Waals surface area contributed by atoms with Gasteiger partial charge in [0.25, 0.3) is 0 Å². The number of anilines is 1. The van der Waals surface area contributed by atoms with Gasteiger partial charge < -0.3 is 15.0 Å². The van der Waals surface area contributed by atoms with Crippen molar-refractivity contribution in [3.63, 3.8) is 0 Å². The highest BCUT2D eigenvalue weighted by Gasteiger charge is 2.20. The minimum Gasteiger partial charge on any atom is -0.491 e. The molecule has 3 heteroatoms. The lowest BCUT2D eigenvalue weighted by molar-refractivity contribution is 0.322. The fourth-order valence-electron chi connectivity index (χ4n) is 2.83. The molecule has 0 fully saturated rings. The van der Waals surface area contributed by atoms with Crippen molar-refractivity contribution in [3.8, 4) is 5.75 Å². The molecule has 1 aromatic rings. The Morgan fingerprint density at radius 1 is 1.29 bits per heavy atom. The van der Waals surface area contributed by atoms with Crippen molar-refractivity contribution in [2.24, 2.45) is 0 Å². The van der Waals surface area contributed by atoms with Crippen LogP contribution in [0.5, 0.6) is 5.75 Å². The fraction of sp³-hybridized carbons (Fsp3) is 0.667. The van der Waals surface area contributed by atoms with Crippen LogP contribution in [0.1, 0.15) is 47.0 Å². The molecule has 1 atom stereocenters. The number of nitrogens with one attached hydrogen (secondary N) is 1. The van der Waals surface area contributed by atoms with Gasteiger partial charge in [-0.15, -0.1) is 0 Å². The second-order valence-corrected chi connectivity index (χ2v) is 7.03. The molecule has 1 aromatic carbocycles. The minimum atomic E-state index is 0.215. The molecule has 1 N–H and O–H groups in total. The van der Waals surface area contributed by atoms with Crippen LogP contribution in [0.4, 0.5) is 5.69 Å². The Bertz CT molecular complexity index is 439. The van der Waals surface area contributed by atoms with Gasteiger partial charge in [0.2, 0.25) is 0 Å². The maximum atomic E-state index is 5.85. The number of nitrogens with zero attached hydrogens (tertiary/aromatic N) is 1. The molecule has 0 amide bonds. The van der Waals surface area contributed by atoms with E-state index in [1.165, 1.54) is 18.5 Å². The highest BCUT2D eigenvalue weighted by Crippen LogP contribution is 2.32. The first-order chi connectivity index (χ1) is 9.97. The zero-order valence-electron chi connectivity index (χ0n) is 14.0. The standard InChI is InChI=1S/C18H30N2O/c1-15(9-7-12-19-18(2,3)4)20-13-8-14-21-17-11-6-5-10-16(17)20/h5-6,10-11,15,19H,7-9,12-14H2,1-4H3. The van der Waals surface area contributed by atoms with Crippen molar-refractivity contribution in [2.45, 2.75) is 58.5 Å². The van der Waals surface area contributed by atoms with Crippen LogP contribution in [0.3, 0.4) is 0 Å². The molecule has 0 bridgehead atoms. The van der Waals surface area contributed by atoms with Crippen LogP contribution in [0.2, 0.25) is 0 Å². The monoisotopic (exact) mass is 290 g/mol. The molecule has 3 nitrogen and oxygen atoms in total. The predicted molar refractivity (Wildman–Crippen MR) is 90.4 cm³/mol. The number of para-hydroxylation sites is 2. The van der Waals surface area contributed by atoms with Crippen molar-refractivity contribution >= 4 is 5.69 Å². The molecule has 0 spiro atoms. The largest absolute Gasteiger partial charge is 0.491 e.